The predicted octanol–water partition coefficient (Wildman–Crippen LogP) is 5.14. The highest BCUT2D eigenvalue weighted by Crippen LogP contribution is 2.33. The zero-order valence-electron chi connectivity index (χ0n) is 14.4. The van der Waals surface area contributed by atoms with E-state index in [1.807, 2.05) is 10.6 Å². The number of hydrogen-bond donors (Lipinski definition) is 1. The summed E-state index contributed by atoms with van der Waals surface area (Å²) in [5, 5.41) is 3.66. The van der Waals surface area contributed by atoms with Crippen molar-refractivity contribution in [3.05, 3.63) is 91.1 Å². The second-order valence-electron chi connectivity index (χ2n) is 6.82. The predicted molar refractivity (Wildman–Crippen MR) is 106 cm³/mol. The fourth-order valence-electron chi connectivity index (χ4n) is 4.05. The first-order valence-electron chi connectivity index (χ1n) is 8.90. The van der Waals surface area contributed by atoms with Gasteiger partial charge >= 0.3 is 0 Å². The fourth-order valence-corrected chi connectivity index (χ4v) is 4.05. The van der Waals surface area contributed by atoms with E-state index < -0.39 is 0 Å². The van der Waals surface area contributed by atoms with Crippen LogP contribution in [0.2, 0.25) is 0 Å². The molecule has 3 heterocycles. The first kappa shape index (κ1) is 14.5. The van der Waals surface area contributed by atoms with Crippen LogP contribution in [0, 0.1) is 5.82 Å². The Morgan fingerprint density at radius 1 is 0.778 bits per heavy atom. The van der Waals surface area contributed by atoms with Crippen LogP contribution in [-0.4, -0.2) is 9.55 Å². The van der Waals surface area contributed by atoms with Crippen molar-refractivity contribution < 1.29 is 8.79 Å². The van der Waals surface area contributed by atoms with E-state index in [0.29, 0.717) is 0 Å². The van der Waals surface area contributed by atoms with Crippen molar-refractivity contribution in [2.75, 3.05) is 0 Å². The Hall–Kier alpha value is -3.66. The molecule has 0 fully saturated rings. The molecule has 6 rings (SSSR count). The van der Waals surface area contributed by atoms with E-state index in [2.05, 4.69) is 64.4 Å². The monoisotopic (exact) mass is 352 g/mol. The van der Waals surface area contributed by atoms with Gasteiger partial charge in [-0.1, -0.05) is 30.3 Å². The number of imidazole rings is 1. The van der Waals surface area contributed by atoms with Crippen molar-refractivity contribution >= 4 is 38.2 Å². The normalized spacial score (nSPS) is 11.9. The van der Waals surface area contributed by atoms with Crippen molar-refractivity contribution in [2.24, 2.45) is 0 Å². The van der Waals surface area contributed by atoms with Gasteiger partial charge in [-0.05, 0) is 42.5 Å². The third-order valence-electron chi connectivity index (χ3n) is 5.28. The van der Waals surface area contributed by atoms with Gasteiger partial charge in [0, 0.05) is 21.7 Å². The molecule has 0 amide bonds. The molecule has 3 aromatic heterocycles. The highest BCUT2D eigenvalue weighted by atomic mass is 19.1. The minimum absolute atomic E-state index is 0.230. The van der Waals surface area contributed by atoms with Gasteiger partial charge in [-0.15, -0.1) is 0 Å². The highest BCUT2D eigenvalue weighted by Gasteiger charge is 2.20. The lowest BCUT2D eigenvalue weighted by Crippen LogP contribution is -2.20. The van der Waals surface area contributed by atoms with Crippen molar-refractivity contribution in [3.63, 3.8) is 0 Å². The zero-order valence-corrected chi connectivity index (χ0v) is 14.4. The summed E-state index contributed by atoms with van der Waals surface area (Å²) >= 11 is 0. The van der Waals surface area contributed by atoms with Gasteiger partial charge in [0.1, 0.15) is 23.2 Å². The molecule has 0 saturated carbocycles. The first-order valence-corrected chi connectivity index (χ1v) is 8.90. The average Bonchev–Trinajstić information content (AvgIpc) is 3.31. The number of para-hydroxylation sites is 2. The number of H-pyrrole nitrogens is 1. The molecule has 1 N–H and O–H groups in total. The number of pyridine rings is 1. The number of benzene rings is 3. The largest absolute Gasteiger partial charge is 0.351 e. The molecule has 6 aromatic rings. The highest BCUT2D eigenvalue weighted by molar-refractivity contribution is 6.21. The summed E-state index contributed by atoms with van der Waals surface area (Å²) in [5.41, 5.74) is 5.39. The molecule has 0 saturated heterocycles. The number of rotatable bonds is 1. The van der Waals surface area contributed by atoms with E-state index in [-0.39, 0.29) is 5.82 Å². The maximum absolute atomic E-state index is 13.3. The maximum Gasteiger partial charge on any atom is 0.254 e. The third-order valence-corrected chi connectivity index (χ3v) is 5.28. The minimum Gasteiger partial charge on any atom is -0.351 e. The van der Waals surface area contributed by atoms with Crippen molar-refractivity contribution in [2.45, 2.75) is 0 Å². The summed E-state index contributed by atoms with van der Waals surface area (Å²) in [5.74, 6) is -0.230. The number of aromatic amines is 1. The van der Waals surface area contributed by atoms with Crippen LogP contribution >= 0.6 is 0 Å². The van der Waals surface area contributed by atoms with E-state index in [9.17, 15) is 4.39 Å². The van der Waals surface area contributed by atoms with Gasteiger partial charge in [0.15, 0.2) is 5.52 Å². The molecule has 0 radical (unpaired) electrons. The molecule has 0 spiro atoms. The summed E-state index contributed by atoms with van der Waals surface area (Å²) in [7, 11) is 0. The quantitative estimate of drug-likeness (QED) is 0.396. The SMILES string of the molecule is Fc1ccc(-n2cc3c4[nH]c5ccccc5c4c4ccccc4[n+]3c2)cc1. The fraction of sp³-hybridized carbons (Fsp3) is 0. The van der Waals surface area contributed by atoms with Crippen LogP contribution < -0.4 is 4.40 Å². The number of hydrogen-bond acceptors (Lipinski definition) is 0. The second-order valence-corrected chi connectivity index (χ2v) is 6.82. The standard InChI is InChI=1S/C23H15FN3/c24-15-9-11-16(12-10-15)26-13-21-23-22(17-5-1-3-7-19(17)25-23)18-6-2-4-8-20(18)27(21)14-26/h1-14,25H/q+1. The van der Waals surface area contributed by atoms with Gasteiger partial charge in [-0.3, -0.25) is 0 Å². The van der Waals surface area contributed by atoms with Gasteiger partial charge < -0.3 is 4.98 Å². The van der Waals surface area contributed by atoms with Crippen molar-refractivity contribution in [3.8, 4) is 5.69 Å². The maximum atomic E-state index is 13.3. The molecule has 27 heavy (non-hydrogen) atoms. The second kappa shape index (κ2) is 5.17. The summed E-state index contributed by atoms with van der Waals surface area (Å²) in [4.78, 5) is 3.59. The lowest BCUT2D eigenvalue weighted by Gasteiger charge is -2.00. The van der Waals surface area contributed by atoms with E-state index >= 15 is 0 Å². The van der Waals surface area contributed by atoms with Gasteiger partial charge in [0.25, 0.3) is 6.33 Å². The van der Waals surface area contributed by atoms with Crippen LogP contribution in [-0.2, 0) is 0 Å². The molecule has 0 aliphatic rings. The average molecular weight is 352 g/mol. The molecular weight excluding hydrogens is 337 g/mol. The lowest BCUT2D eigenvalue weighted by atomic mass is 10.1. The van der Waals surface area contributed by atoms with E-state index in [0.717, 1.165) is 27.8 Å². The Labute approximate surface area is 153 Å². The molecule has 0 bridgehead atoms. The van der Waals surface area contributed by atoms with Crippen molar-refractivity contribution in [1.29, 1.82) is 0 Å². The summed E-state index contributed by atoms with van der Waals surface area (Å²) in [6.45, 7) is 0. The third kappa shape index (κ3) is 1.98. The molecule has 0 aliphatic carbocycles. The van der Waals surface area contributed by atoms with Crippen molar-refractivity contribution in [1.82, 2.24) is 9.55 Å². The zero-order chi connectivity index (χ0) is 18.0. The van der Waals surface area contributed by atoms with Gasteiger partial charge in [0.2, 0.25) is 0 Å². The van der Waals surface area contributed by atoms with Crippen LogP contribution in [0.15, 0.2) is 85.3 Å². The molecule has 3 nitrogen and oxygen atoms in total. The van der Waals surface area contributed by atoms with Gasteiger partial charge in [0.05, 0.1) is 5.52 Å². The first-order chi connectivity index (χ1) is 13.3. The van der Waals surface area contributed by atoms with Crippen LogP contribution in [0.4, 0.5) is 4.39 Å². The number of fused-ring (bicyclic) bond motifs is 8. The Bertz CT molecular complexity index is 1470. The number of halogens is 1. The lowest BCUT2D eigenvalue weighted by molar-refractivity contribution is -0.480. The van der Waals surface area contributed by atoms with E-state index in [1.165, 1.54) is 28.3 Å². The molecule has 4 heteroatoms. The molecule has 0 aliphatic heterocycles. The van der Waals surface area contributed by atoms with Crippen LogP contribution in [0.25, 0.3) is 43.9 Å². The number of nitrogens with one attached hydrogen (secondary N) is 1. The Kier molecular flexibility index (Phi) is 2.78. The smallest absolute Gasteiger partial charge is 0.254 e. The molecule has 0 unspecified atom stereocenters. The molecular formula is C23H15FN3+. The minimum atomic E-state index is -0.230. The summed E-state index contributed by atoms with van der Waals surface area (Å²) in [6.07, 6.45) is 4.15. The number of nitrogens with zero attached hydrogens (tertiary/aromatic N) is 2. The van der Waals surface area contributed by atoms with Gasteiger partial charge in [-0.25, -0.2) is 8.96 Å². The summed E-state index contributed by atoms with van der Waals surface area (Å²) < 4.78 is 17.5. The Balaban J connectivity index is 1.82. The molecule has 128 valence electrons. The molecule has 0 atom stereocenters. The van der Waals surface area contributed by atoms with Gasteiger partial charge in [-0.2, -0.15) is 4.40 Å². The van der Waals surface area contributed by atoms with Crippen LogP contribution in [0.5, 0.6) is 0 Å². The van der Waals surface area contributed by atoms with Crippen LogP contribution in [0.1, 0.15) is 0 Å². The topological polar surface area (TPSA) is 24.8 Å². The van der Waals surface area contributed by atoms with Crippen LogP contribution in [0.3, 0.4) is 0 Å². The van der Waals surface area contributed by atoms with E-state index in [1.54, 1.807) is 12.1 Å². The molecule has 3 aromatic carbocycles. The van der Waals surface area contributed by atoms with E-state index in [4.69, 9.17) is 0 Å². The summed E-state index contributed by atoms with van der Waals surface area (Å²) in [6, 6.07) is 23.4. The Morgan fingerprint density at radius 2 is 1.52 bits per heavy atom. The Morgan fingerprint density at radius 3 is 2.37 bits per heavy atom. The number of aromatic nitrogens is 3.